The molecule has 2 aromatic heterocycles. The number of benzene rings is 3. The van der Waals surface area contributed by atoms with Gasteiger partial charge in [-0.15, -0.1) is 11.3 Å². The SMILES string of the molecule is C=C/C=C(\C=C)N(c1ccccc1)c1ccc(-c2nc(Cl)nc3cc(-c4ccccc4)sc23)cc1. The van der Waals surface area contributed by atoms with Crippen LogP contribution in [0.4, 0.5) is 11.4 Å². The summed E-state index contributed by atoms with van der Waals surface area (Å²) in [6, 6.07) is 30.8. The topological polar surface area (TPSA) is 29.0 Å². The van der Waals surface area contributed by atoms with Gasteiger partial charge in [-0.05, 0) is 59.6 Å². The number of anilines is 2. The van der Waals surface area contributed by atoms with Crippen molar-refractivity contribution < 1.29 is 0 Å². The van der Waals surface area contributed by atoms with Gasteiger partial charge in [-0.25, -0.2) is 9.97 Å². The lowest BCUT2D eigenvalue weighted by molar-refractivity contribution is 1.21. The number of hydrogen-bond donors (Lipinski definition) is 0. The number of aromatic nitrogens is 2. The first-order valence-electron chi connectivity index (χ1n) is 11.1. The standard InChI is InChI=1S/C30H22ClN3S/c1-3-11-23(4-2)34(24-14-9-6-10-15-24)25-18-16-22(17-19-25)28-29-26(32-30(31)33-28)20-27(35-29)21-12-7-5-8-13-21/h3-20H,1-2H2/b23-11+. The molecule has 0 spiro atoms. The molecule has 3 aromatic carbocycles. The summed E-state index contributed by atoms with van der Waals surface area (Å²) in [7, 11) is 0. The molecule has 0 aliphatic rings. The predicted molar refractivity (Wildman–Crippen MR) is 150 cm³/mol. The van der Waals surface area contributed by atoms with Crippen molar-refractivity contribution in [2.45, 2.75) is 0 Å². The van der Waals surface area contributed by atoms with E-state index in [2.05, 4.69) is 82.6 Å². The molecule has 35 heavy (non-hydrogen) atoms. The summed E-state index contributed by atoms with van der Waals surface area (Å²) in [5.74, 6) is 0. The summed E-state index contributed by atoms with van der Waals surface area (Å²) in [5, 5.41) is 0.239. The minimum absolute atomic E-state index is 0.239. The summed E-state index contributed by atoms with van der Waals surface area (Å²) in [6.07, 6.45) is 5.54. The van der Waals surface area contributed by atoms with Crippen LogP contribution in [0.25, 0.3) is 31.9 Å². The third-order valence-corrected chi connectivity index (χ3v) is 6.92. The summed E-state index contributed by atoms with van der Waals surface area (Å²) < 4.78 is 1.01. The second-order valence-corrected chi connectivity index (χ2v) is 9.17. The molecule has 0 bridgehead atoms. The fourth-order valence-corrected chi connectivity index (χ4v) is 5.28. The molecule has 0 atom stereocenters. The van der Waals surface area contributed by atoms with Crippen LogP contribution in [0.1, 0.15) is 0 Å². The van der Waals surface area contributed by atoms with Gasteiger partial charge in [-0.1, -0.05) is 79.9 Å². The number of halogens is 1. The Bertz CT molecular complexity index is 1520. The van der Waals surface area contributed by atoms with E-state index in [0.717, 1.165) is 49.0 Å². The molecule has 5 aromatic rings. The lowest BCUT2D eigenvalue weighted by Crippen LogP contribution is -2.14. The summed E-state index contributed by atoms with van der Waals surface area (Å²) >= 11 is 8.01. The zero-order chi connectivity index (χ0) is 24.2. The molecule has 0 amide bonds. The largest absolute Gasteiger partial charge is 0.311 e. The number of allylic oxidation sites excluding steroid dienone is 3. The lowest BCUT2D eigenvalue weighted by Gasteiger charge is -2.26. The number of nitrogens with zero attached hydrogens (tertiary/aromatic N) is 3. The van der Waals surface area contributed by atoms with Gasteiger partial charge in [0.25, 0.3) is 0 Å². The van der Waals surface area contributed by atoms with Crippen molar-refractivity contribution in [2.75, 3.05) is 4.90 Å². The van der Waals surface area contributed by atoms with Crippen LogP contribution in [0, 0.1) is 0 Å². The van der Waals surface area contributed by atoms with Crippen LogP contribution in [-0.2, 0) is 0 Å². The maximum atomic E-state index is 6.33. The number of fused-ring (bicyclic) bond motifs is 1. The second kappa shape index (κ2) is 10.1. The highest BCUT2D eigenvalue weighted by molar-refractivity contribution is 7.22. The van der Waals surface area contributed by atoms with Crippen molar-refractivity contribution in [1.29, 1.82) is 0 Å². The van der Waals surface area contributed by atoms with E-state index in [9.17, 15) is 0 Å². The summed E-state index contributed by atoms with van der Waals surface area (Å²) in [4.78, 5) is 12.4. The van der Waals surface area contributed by atoms with E-state index in [0.29, 0.717) is 0 Å². The van der Waals surface area contributed by atoms with E-state index in [1.165, 1.54) is 0 Å². The first kappa shape index (κ1) is 22.8. The molecule has 0 saturated heterocycles. The fourth-order valence-electron chi connectivity index (χ4n) is 3.99. The van der Waals surface area contributed by atoms with Crippen LogP contribution in [0.15, 0.2) is 128 Å². The van der Waals surface area contributed by atoms with Crippen LogP contribution in [0.2, 0.25) is 5.28 Å². The predicted octanol–water partition coefficient (Wildman–Crippen LogP) is 9.07. The molecular weight excluding hydrogens is 470 g/mol. The van der Waals surface area contributed by atoms with Gasteiger partial charge < -0.3 is 4.90 Å². The summed E-state index contributed by atoms with van der Waals surface area (Å²) in [6.45, 7) is 7.86. The number of thiophene rings is 1. The molecule has 0 N–H and O–H groups in total. The number of para-hydroxylation sites is 1. The van der Waals surface area contributed by atoms with E-state index in [-0.39, 0.29) is 5.28 Å². The molecular formula is C30H22ClN3S. The van der Waals surface area contributed by atoms with Gasteiger partial charge in [-0.3, -0.25) is 0 Å². The van der Waals surface area contributed by atoms with Crippen molar-refractivity contribution >= 4 is 44.5 Å². The van der Waals surface area contributed by atoms with Gasteiger partial charge in [0.15, 0.2) is 0 Å². The normalized spacial score (nSPS) is 11.4. The van der Waals surface area contributed by atoms with Gasteiger partial charge in [-0.2, -0.15) is 0 Å². The zero-order valence-corrected chi connectivity index (χ0v) is 20.5. The van der Waals surface area contributed by atoms with Crippen LogP contribution < -0.4 is 4.90 Å². The second-order valence-electron chi connectivity index (χ2n) is 7.78. The first-order chi connectivity index (χ1) is 17.2. The molecule has 0 unspecified atom stereocenters. The van der Waals surface area contributed by atoms with Crippen molar-refractivity contribution in [3.05, 3.63) is 133 Å². The molecule has 170 valence electrons. The van der Waals surface area contributed by atoms with Gasteiger partial charge >= 0.3 is 0 Å². The average Bonchev–Trinajstić information content (AvgIpc) is 3.33. The van der Waals surface area contributed by atoms with Crippen LogP contribution in [0.3, 0.4) is 0 Å². The zero-order valence-electron chi connectivity index (χ0n) is 18.9. The lowest BCUT2D eigenvalue weighted by atomic mass is 10.1. The molecule has 0 radical (unpaired) electrons. The van der Waals surface area contributed by atoms with Gasteiger partial charge in [0, 0.05) is 27.5 Å². The Kier molecular flexibility index (Phi) is 6.57. The first-order valence-corrected chi connectivity index (χ1v) is 12.3. The Balaban J connectivity index is 1.59. The monoisotopic (exact) mass is 491 g/mol. The van der Waals surface area contributed by atoms with Crippen molar-refractivity contribution in [3.8, 4) is 21.7 Å². The molecule has 0 aliphatic heterocycles. The highest BCUT2D eigenvalue weighted by Crippen LogP contribution is 2.39. The Morgan fingerprint density at radius 2 is 1.46 bits per heavy atom. The Hall–Kier alpha value is -3.99. The van der Waals surface area contributed by atoms with Crippen molar-refractivity contribution in [1.82, 2.24) is 9.97 Å². The third-order valence-electron chi connectivity index (χ3n) is 5.57. The average molecular weight is 492 g/mol. The van der Waals surface area contributed by atoms with Crippen LogP contribution in [-0.4, -0.2) is 9.97 Å². The maximum absolute atomic E-state index is 6.33. The van der Waals surface area contributed by atoms with E-state index < -0.39 is 0 Å². The third kappa shape index (κ3) is 4.67. The van der Waals surface area contributed by atoms with E-state index in [4.69, 9.17) is 11.6 Å². The maximum Gasteiger partial charge on any atom is 0.223 e. The highest BCUT2D eigenvalue weighted by atomic mass is 35.5. The van der Waals surface area contributed by atoms with Crippen LogP contribution in [0.5, 0.6) is 0 Å². The minimum Gasteiger partial charge on any atom is -0.311 e. The van der Waals surface area contributed by atoms with Gasteiger partial charge in [0.05, 0.1) is 15.9 Å². The molecule has 0 saturated carbocycles. The fraction of sp³-hybridized carbons (Fsp3) is 0. The van der Waals surface area contributed by atoms with E-state index >= 15 is 0 Å². The summed E-state index contributed by atoms with van der Waals surface area (Å²) in [5.41, 5.74) is 6.77. The molecule has 5 heteroatoms. The van der Waals surface area contributed by atoms with E-state index in [1.54, 1.807) is 17.4 Å². The number of hydrogen-bond acceptors (Lipinski definition) is 4. The molecule has 0 aliphatic carbocycles. The number of rotatable bonds is 7. The minimum atomic E-state index is 0.239. The van der Waals surface area contributed by atoms with E-state index in [1.807, 2.05) is 48.6 Å². The Labute approximate surface area is 214 Å². The van der Waals surface area contributed by atoms with Gasteiger partial charge in [0.2, 0.25) is 5.28 Å². The Morgan fingerprint density at radius 1 is 0.800 bits per heavy atom. The van der Waals surface area contributed by atoms with Crippen molar-refractivity contribution in [3.63, 3.8) is 0 Å². The van der Waals surface area contributed by atoms with Gasteiger partial charge in [0.1, 0.15) is 0 Å². The quantitative estimate of drug-likeness (QED) is 0.168. The highest BCUT2D eigenvalue weighted by Gasteiger charge is 2.16. The van der Waals surface area contributed by atoms with Crippen molar-refractivity contribution in [2.24, 2.45) is 0 Å². The molecule has 0 fully saturated rings. The van der Waals surface area contributed by atoms with Crippen LogP contribution >= 0.6 is 22.9 Å². The molecule has 2 heterocycles. The molecule has 5 rings (SSSR count). The molecule has 3 nitrogen and oxygen atoms in total. The Morgan fingerprint density at radius 3 is 2.11 bits per heavy atom. The smallest absolute Gasteiger partial charge is 0.223 e.